The van der Waals surface area contributed by atoms with Gasteiger partial charge in [0.15, 0.2) is 5.76 Å². The van der Waals surface area contributed by atoms with Gasteiger partial charge >= 0.3 is 0 Å². The van der Waals surface area contributed by atoms with E-state index in [1.54, 1.807) is 6.08 Å². The van der Waals surface area contributed by atoms with Crippen LogP contribution in [0.4, 0.5) is 4.39 Å². The van der Waals surface area contributed by atoms with Crippen LogP contribution in [0.25, 0.3) is 23.5 Å². The van der Waals surface area contributed by atoms with Gasteiger partial charge in [-0.1, -0.05) is 41.6 Å². The zero-order valence-electron chi connectivity index (χ0n) is 11.6. The number of nitrogens with zero attached hydrogens (tertiary/aromatic N) is 2. The number of pyridine rings is 1. The van der Waals surface area contributed by atoms with E-state index < -0.39 is 5.82 Å². The van der Waals surface area contributed by atoms with Crippen LogP contribution in [0.5, 0.6) is 0 Å². The molecule has 0 fully saturated rings. The van der Waals surface area contributed by atoms with E-state index >= 15 is 0 Å². The van der Waals surface area contributed by atoms with E-state index in [4.69, 9.17) is 4.52 Å². The number of benzene rings is 1. The Hall–Kier alpha value is -2.79. The van der Waals surface area contributed by atoms with E-state index in [0.717, 1.165) is 11.8 Å². The van der Waals surface area contributed by atoms with Crippen molar-refractivity contribution in [2.75, 3.05) is 0 Å². The molecule has 0 amide bonds. The van der Waals surface area contributed by atoms with Gasteiger partial charge in [-0.25, -0.2) is 4.39 Å². The lowest BCUT2D eigenvalue weighted by atomic mass is 10.1. The summed E-state index contributed by atoms with van der Waals surface area (Å²) in [6.07, 6.45) is 4.70. The smallest absolute Gasteiger partial charge is 0.165 e. The van der Waals surface area contributed by atoms with Crippen LogP contribution >= 0.6 is 0 Å². The van der Waals surface area contributed by atoms with Crippen LogP contribution in [-0.4, -0.2) is 15.2 Å². The minimum Gasteiger partial charge on any atom is -0.391 e. The lowest BCUT2D eigenvalue weighted by Crippen LogP contribution is -1.91. The Kier molecular flexibility index (Phi) is 4.07. The molecule has 1 aromatic carbocycles. The molecule has 3 rings (SSSR count). The highest BCUT2D eigenvalue weighted by Crippen LogP contribution is 2.25. The fourth-order valence-electron chi connectivity index (χ4n) is 2.06. The Balaban J connectivity index is 1.94. The maximum Gasteiger partial charge on any atom is 0.165 e. The van der Waals surface area contributed by atoms with Crippen LogP contribution in [0.15, 0.2) is 53.2 Å². The van der Waals surface area contributed by atoms with E-state index in [9.17, 15) is 9.50 Å². The van der Waals surface area contributed by atoms with Gasteiger partial charge in [0, 0.05) is 0 Å². The Morgan fingerprint density at radius 2 is 1.91 bits per heavy atom. The molecule has 5 heteroatoms. The molecular weight excluding hydrogens is 283 g/mol. The molecule has 0 bridgehead atoms. The minimum absolute atomic E-state index is 0.244. The number of aromatic nitrogens is 2. The lowest BCUT2D eigenvalue weighted by Gasteiger charge is -1.98. The van der Waals surface area contributed by atoms with Gasteiger partial charge in [-0.3, -0.25) is 4.98 Å². The average molecular weight is 296 g/mol. The van der Waals surface area contributed by atoms with E-state index in [0.29, 0.717) is 22.7 Å². The van der Waals surface area contributed by atoms with Gasteiger partial charge in [0.25, 0.3) is 0 Å². The molecule has 2 aromatic heterocycles. The fourth-order valence-corrected chi connectivity index (χ4v) is 2.06. The molecule has 0 radical (unpaired) electrons. The molecular formula is C17H13FN2O2. The first-order chi connectivity index (χ1) is 10.8. The van der Waals surface area contributed by atoms with Crippen LogP contribution in [0.3, 0.4) is 0 Å². The van der Waals surface area contributed by atoms with Crippen molar-refractivity contribution in [1.29, 1.82) is 0 Å². The summed E-state index contributed by atoms with van der Waals surface area (Å²) >= 11 is 0. The van der Waals surface area contributed by atoms with Gasteiger partial charge in [-0.05, 0) is 23.8 Å². The molecule has 0 aliphatic carbocycles. The first-order valence-electron chi connectivity index (χ1n) is 6.72. The highest BCUT2D eigenvalue weighted by molar-refractivity contribution is 5.72. The minimum atomic E-state index is -0.429. The van der Waals surface area contributed by atoms with E-state index in [1.165, 1.54) is 12.1 Å². The summed E-state index contributed by atoms with van der Waals surface area (Å²) in [6.45, 7) is -0.244. The topological polar surface area (TPSA) is 59.2 Å². The predicted molar refractivity (Wildman–Crippen MR) is 81.0 cm³/mol. The summed E-state index contributed by atoms with van der Waals surface area (Å²) in [5.41, 5.74) is 2.39. The summed E-state index contributed by atoms with van der Waals surface area (Å²) in [4.78, 5) is 3.96. The standard InChI is InChI=1S/C17H13FN2O2/c18-13-7-8-15(19-10-13)17-14(11-21)16(22-20-17)9-6-12-4-2-1-3-5-12/h1-10,21H,11H2. The SMILES string of the molecule is OCc1c(-c2ccc(F)cn2)noc1C=Cc1ccccc1. The van der Waals surface area contributed by atoms with Crippen molar-refractivity contribution < 1.29 is 14.0 Å². The molecule has 0 spiro atoms. The van der Waals surface area contributed by atoms with Crippen molar-refractivity contribution in [2.45, 2.75) is 6.61 Å². The molecule has 110 valence electrons. The number of aliphatic hydroxyl groups excluding tert-OH is 1. The first-order valence-corrected chi connectivity index (χ1v) is 6.72. The molecule has 0 aliphatic heterocycles. The van der Waals surface area contributed by atoms with Crippen molar-refractivity contribution in [3.63, 3.8) is 0 Å². The quantitative estimate of drug-likeness (QED) is 0.800. The Morgan fingerprint density at radius 3 is 2.59 bits per heavy atom. The van der Waals surface area contributed by atoms with Crippen LogP contribution in [0, 0.1) is 5.82 Å². The average Bonchev–Trinajstić information content (AvgIpc) is 2.97. The van der Waals surface area contributed by atoms with Gasteiger partial charge in [-0.2, -0.15) is 0 Å². The van der Waals surface area contributed by atoms with E-state index in [-0.39, 0.29) is 6.61 Å². The second-order valence-corrected chi connectivity index (χ2v) is 4.64. The summed E-state index contributed by atoms with van der Waals surface area (Å²) < 4.78 is 18.2. The number of halogens is 1. The lowest BCUT2D eigenvalue weighted by molar-refractivity contribution is 0.280. The Bertz CT molecular complexity index is 780. The monoisotopic (exact) mass is 296 g/mol. The summed E-state index contributed by atoms with van der Waals surface area (Å²) in [5, 5.41) is 13.5. The maximum atomic E-state index is 12.9. The van der Waals surface area contributed by atoms with Gasteiger partial charge in [0.1, 0.15) is 11.5 Å². The number of hydrogen-bond acceptors (Lipinski definition) is 4. The number of hydrogen-bond donors (Lipinski definition) is 1. The van der Waals surface area contributed by atoms with Crippen molar-refractivity contribution in [3.05, 3.63) is 71.4 Å². The van der Waals surface area contributed by atoms with E-state index in [1.807, 2.05) is 36.4 Å². The molecule has 0 saturated carbocycles. The van der Waals surface area contributed by atoms with Gasteiger partial charge in [-0.15, -0.1) is 0 Å². The van der Waals surface area contributed by atoms with Crippen molar-refractivity contribution in [1.82, 2.24) is 10.1 Å². The number of rotatable bonds is 4. The first kappa shape index (κ1) is 14.2. The highest BCUT2D eigenvalue weighted by Gasteiger charge is 2.16. The summed E-state index contributed by atoms with van der Waals surface area (Å²) in [5.74, 6) is 0.0227. The summed E-state index contributed by atoms with van der Waals surface area (Å²) in [7, 11) is 0. The van der Waals surface area contributed by atoms with Crippen molar-refractivity contribution in [2.24, 2.45) is 0 Å². The van der Waals surface area contributed by atoms with Crippen LogP contribution in [0.2, 0.25) is 0 Å². The zero-order chi connectivity index (χ0) is 15.4. The normalized spacial score (nSPS) is 11.2. The second kappa shape index (κ2) is 6.32. The molecule has 0 saturated heterocycles. The maximum absolute atomic E-state index is 12.9. The van der Waals surface area contributed by atoms with Crippen LogP contribution in [0.1, 0.15) is 16.9 Å². The third-order valence-corrected chi connectivity index (χ3v) is 3.17. The largest absolute Gasteiger partial charge is 0.391 e. The molecule has 1 N–H and O–H groups in total. The molecule has 0 atom stereocenters. The summed E-state index contributed by atoms with van der Waals surface area (Å²) in [6, 6.07) is 12.5. The van der Waals surface area contributed by atoms with Gasteiger partial charge < -0.3 is 9.63 Å². The molecule has 3 aromatic rings. The molecule has 2 heterocycles. The second-order valence-electron chi connectivity index (χ2n) is 4.64. The van der Waals surface area contributed by atoms with Gasteiger partial charge in [0.05, 0.1) is 24.1 Å². The molecule has 0 aliphatic rings. The molecule has 0 unspecified atom stereocenters. The van der Waals surface area contributed by atoms with Crippen molar-refractivity contribution in [3.8, 4) is 11.4 Å². The van der Waals surface area contributed by atoms with E-state index in [2.05, 4.69) is 10.1 Å². The Morgan fingerprint density at radius 1 is 1.09 bits per heavy atom. The highest BCUT2D eigenvalue weighted by atomic mass is 19.1. The van der Waals surface area contributed by atoms with Gasteiger partial charge in [0.2, 0.25) is 0 Å². The molecule has 22 heavy (non-hydrogen) atoms. The fraction of sp³-hybridized carbons (Fsp3) is 0.0588. The third-order valence-electron chi connectivity index (χ3n) is 3.17. The zero-order valence-corrected chi connectivity index (χ0v) is 11.6. The third kappa shape index (κ3) is 2.94. The Labute approximate surface area is 126 Å². The number of aliphatic hydroxyl groups is 1. The molecule has 4 nitrogen and oxygen atoms in total. The van der Waals surface area contributed by atoms with Crippen LogP contribution < -0.4 is 0 Å². The van der Waals surface area contributed by atoms with Crippen LogP contribution in [-0.2, 0) is 6.61 Å². The van der Waals surface area contributed by atoms with Crippen molar-refractivity contribution >= 4 is 12.2 Å². The predicted octanol–water partition coefficient (Wildman–Crippen LogP) is 3.54.